The molecule has 6 heteroatoms. The smallest absolute Gasteiger partial charge is 0.201 e. The molecule has 0 spiro atoms. The Morgan fingerprint density at radius 1 is 1.53 bits per heavy atom. The van der Waals surface area contributed by atoms with Gasteiger partial charge in [-0.25, -0.2) is 4.98 Å². The molecule has 0 aliphatic carbocycles. The number of H-pyrrole nitrogens is 1. The topological polar surface area (TPSA) is 83.8 Å². The van der Waals surface area contributed by atoms with E-state index in [9.17, 15) is 4.21 Å². The van der Waals surface area contributed by atoms with E-state index in [4.69, 9.17) is 5.73 Å². The summed E-state index contributed by atoms with van der Waals surface area (Å²) in [5.74, 6) is 1.44. The van der Waals surface area contributed by atoms with Gasteiger partial charge in [-0.2, -0.15) is 0 Å². The fourth-order valence-corrected chi connectivity index (χ4v) is 2.14. The van der Waals surface area contributed by atoms with E-state index in [-0.39, 0.29) is 0 Å². The second-order valence-corrected chi connectivity index (χ2v) is 5.47. The predicted octanol–water partition coefficient (Wildman–Crippen LogP) is 1.33. The zero-order chi connectivity index (χ0) is 12.3. The molecular formula is C11H16N4OS. The van der Waals surface area contributed by atoms with Crippen molar-refractivity contribution in [1.82, 2.24) is 9.97 Å². The molecule has 92 valence electrons. The number of fused-ring (bicyclic) bond motifs is 1. The second-order valence-electron chi connectivity index (χ2n) is 3.92. The first-order chi connectivity index (χ1) is 8.15. The van der Waals surface area contributed by atoms with Crippen LogP contribution in [0.1, 0.15) is 6.42 Å². The third kappa shape index (κ3) is 3.20. The Labute approximate surface area is 102 Å². The van der Waals surface area contributed by atoms with Crippen LogP contribution in [0, 0.1) is 0 Å². The van der Waals surface area contributed by atoms with Crippen LogP contribution in [0.2, 0.25) is 0 Å². The Morgan fingerprint density at radius 2 is 2.35 bits per heavy atom. The van der Waals surface area contributed by atoms with Gasteiger partial charge in [0.25, 0.3) is 0 Å². The lowest BCUT2D eigenvalue weighted by Gasteiger charge is -2.00. The lowest BCUT2D eigenvalue weighted by Crippen LogP contribution is -2.06. The molecule has 0 saturated carbocycles. The van der Waals surface area contributed by atoms with Crippen molar-refractivity contribution in [3.63, 3.8) is 0 Å². The monoisotopic (exact) mass is 252 g/mol. The SMILES string of the molecule is CS(=O)CCCNc1nc2ccc(N)cc2[nH]1. The molecule has 2 aromatic rings. The number of aromatic nitrogens is 2. The van der Waals surface area contributed by atoms with Crippen LogP contribution >= 0.6 is 0 Å². The minimum absolute atomic E-state index is 0.709. The number of nitrogens with zero attached hydrogens (tertiary/aromatic N) is 1. The Kier molecular flexibility index (Phi) is 3.63. The summed E-state index contributed by atoms with van der Waals surface area (Å²) in [5.41, 5.74) is 8.22. The fraction of sp³-hybridized carbons (Fsp3) is 0.364. The average molecular weight is 252 g/mol. The van der Waals surface area contributed by atoms with E-state index in [2.05, 4.69) is 15.3 Å². The molecule has 5 nitrogen and oxygen atoms in total. The lowest BCUT2D eigenvalue weighted by molar-refractivity contribution is 0.685. The Hall–Kier alpha value is -1.56. The van der Waals surface area contributed by atoms with E-state index in [1.807, 2.05) is 18.2 Å². The summed E-state index contributed by atoms with van der Waals surface area (Å²) in [7, 11) is -0.728. The van der Waals surface area contributed by atoms with Crippen molar-refractivity contribution < 1.29 is 4.21 Å². The highest BCUT2D eigenvalue weighted by Crippen LogP contribution is 2.16. The molecule has 1 unspecified atom stereocenters. The minimum atomic E-state index is -0.728. The molecular weight excluding hydrogens is 236 g/mol. The van der Waals surface area contributed by atoms with Crippen molar-refractivity contribution >= 4 is 33.5 Å². The maximum absolute atomic E-state index is 10.9. The molecule has 0 amide bonds. The number of nitrogens with two attached hydrogens (primary N) is 1. The zero-order valence-corrected chi connectivity index (χ0v) is 10.5. The number of benzene rings is 1. The molecule has 0 saturated heterocycles. The van der Waals surface area contributed by atoms with Gasteiger partial charge in [-0.15, -0.1) is 0 Å². The largest absolute Gasteiger partial charge is 0.399 e. The third-order valence-corrected chi connectivity index (χ3v) is 3.27. The van der Waals surface area contributed by atoms with Crippen molar-refractivity contribution in [2.75, 3.05) is 29.6 Å². The highest BCUT2D eigenvalue weighted by molar-refractivity contribution is 7.84. The van der Waals surface area contributed by atoms with Crippen molar-refractivity contribution in [3.05, 3.63) is 18.2 Å². The van der Waals surface area contributed by atoms with Gasteiger partial charge in [-0.1, -0.05) is 0 Å². The second kappa shape index (κ2) is 5.18. The Morgan fingerprint density at radius 3 is 3.12 bits per heavy atom. The summed E-state index contributed by atoms with van der Waals surface area (Å²) in [6.45, 7) is 0.759. The van der Waals surface area contributed by atoms with Gasteiger partial charge in [-0.3, -0.25) is 4.21 Å². The zero-order valence-electron chi connectivity index (χ0n) is 9.69. The van der Waals surface area contributed by atoms with Gasteiger partial charge in [0.2, 0.25) is 5.95 Å². The molecule has 0 radical (unpaired) electrons. The highest BCUT2D eigenvalue weighted by atomic mass is 32.2. The van der Waals surface area contributed by atoms with Crippen LogP contribution in [0.25, 0.3) is 11.0 Å². The van der Waals surface area contributed by atoms with E-state index < -0.39 is 10.8 Å². The lowest BCUT2D eigenvalue weighted by atomic mass is 10.3. The molecule has 0 bridgehead atoms. The molecule has 1 heterocycles. The number of imidazole rings is 1. The molecule has 1 aromatic heterocycles. The average Bonchev–Trinajstić information content (AvgIpc) is 2.66. The van der Waals surface area contributed by atoms with E-state index in [1.54, 1.807) is 6.26 Å². The van der Waals surface area contributed by atoms with Crippen molar-refractivity contribution in [2.24, 2.45) is 0 Å². The number of aromatic amines is 1. The summed E-state index contributed by atoms with van der Waals surface area (Å²) in [4.78, 5) is 7.52. The van der Waals surface area contributed by atoms with Gasteiger partial charge in [0.1, 0.15) is 0 Å². The van der Waals surface area contributed by atoms with Gasteiger partial charge in [-0.05, 0) is 24.6 Å². The molecule has 0 aliphatic rings. The maximum Gasteiger partial charge on any atom is 0.201 e. The Bertz CT molecular complexity index is 537. The molecule has 4 N–H and O–H groups in total. The number of hydrogen-bond donors (Lipinski definition) is 3. The summed E-state index contributed by atoms with van der Waals surface area (Å²) in [6.07, 6.45) is 2.58. The summed E-state index contributed by atoms with van der Waals surface area (Å²) < 4.78 is 10.9. The molecule has 0 fully saturated rings. The minimum Gasteiger partial charge on any atom is -0.399 e. The number of anilines is 2. The Balaban J connectivity index is 1.97. The first-order valence-corrected chi connectivity index (χ1v) is 7.17. The van der Waals surface area contributed by atoms with Gasteiger partial charge >= 0.3 is 0 Å². The van der Waals surface area contributed by atoms with Gasteiger partial charge in [0.05, 0.1) is 11.0 Å². The van der Waals surface area contributed by atoms with E-state index >= 15 is 0 Å². The van der Waals surface area contributed by atoms with E-state index in [0.717, 1.165) is 29.9 Å². The molecule has 0 aliphatic heterocycles. The van der Waals surface area contributed by atoms with E-state index in [1.165, 1.54) is 0 Å². The van der Waals surface area contributed by atoms with Crippen LogP contribution in [-0.2, 0) is 10.8 Å². The standard InChI is InChI=1S/C11H16N4OS/c1-17(16)6-2-5-13-11-14-9-4-3-8(12)7-10(9)15-11/h3-4,7H,2,5-6,12H2,1H3,(H2,13,14,15). The molecule has 2 rings (SSSR count). The van der Waals surface area contributed by atoms with Crippen LogP contribution < -0.4 is 11.1 Å². The van der Waals surface area contributed by atoms with Crippen molar-refractivity contribution in [1.29, 1.82) is 0 Å². The van der Waals surface area contributed by atoms with Crippen LogP contribution in [0.4, 0.5) is 11.6 Å². The predicted molar refractivity (Wildman–Crippen MR) is 72.5 cm³/mol. The molecule has 17 heavy (non-hydrogen) atoms. The van der Waals surface area contributed by atoms with Crippen molar-refractivity contribution in [3.8, 4) is 0 Å². The first kappa shape index (κ1) is 11.9. The summed E-state index contributed by atoms with van der Waals surface area (Å²) in [5, 5.41) is 3.17. The van der Waals surface area contributed by atoms with Crippen LogP contribution in [-0.4, -0.2) is 32.7 Å². The van der Waals surface area contributed by atoms with E-state index in [0.29, 0.717) is 11.4 Å². The van der Waals surface area contributed by atoms with Crippen LogP contribution in [0.15, 0.2) is 18.2 Å². The molecule has 1 aromatic carbocycles. The van der Waals surface area contributed by atoms with Gasteiger partial charge < -0.3 is 16.0 Å². The number of rotatable bonds is 5. The third-order valence-electron chi connectivity index (χ3n) is 2.41. The number of nitrogens with one attached hydrogen (secondary N) is 2. The normalized spacial score (nSPS) is 12.8. The van der Waals surface area contributed by atoms with Crippen molar-refractivity contribution in [2.45, 2.75) is 6.42 Å². The summed E-state index contributed by atoms with van der Waals surface area (Å²) in [6, 6.07) is 5.56. The number of nitrogen functional groups attached to an aromatic ring is 1. The first-order valence-electron chi connectivity index (χ1n) is 5.44. The maximum atomic E-state index is 10.9. The highest BCUT2D eigenvalue weighted by Gasteiger charge is 2.02. The van der Waals surface area contributed by atoms with Crippen LogP contribution in [0.5, 0.6) is 0 Å². The molecule has 1 atom stereocenters. The number of hydrogen-bond acceptors (Lipinski definition) is 4. The quantitative estimate of drug-likeness (QED) is 0.553. The van der Waals surface area contributed by atoms with Crippen LogP contribution in [0.3, 0.4) is 0 Å². The fourth-order valence-electron chi connectivity index (χ4n) is 1.59. The van der Waals surface area contributed by atoms with Gasteiger partial charge in [0.15, 0.2) is 0 Å². The summed E-state index contributed by atoms with van der Waals surface area (Å²) >= 11 is 0. The van der Waals surface area contributed by atoms with Gasteiger partial charge in [0, 0.05) is 35.0 Å².